The normalized spacial score (nSPS) is 19.6. The molecule has 1 aromatic rings. The third kappa shape index (κ3) is 3.31. The Bertz CT molecular complexity index is 370. The highest BCUT2D eigenvalue weighted by Gasteiger charge is 2.15. The fourth-order valence-electron chi connectivity index (χ4n) is 2.10. The predicted octanol–water partition coefficient (Wildman–Crippen LogP) is 1.37. The summed E-state index contributed by atoms with van der Waals surface area (Å²) in [7, 11) is 0. The van der Waals surface area contributed by atoms with Gasteiger partial charge >= 0.3 is 5.97 Å². The minimum atomic E-state index is -0.887. The van der Waals surface area contributed by atoms with Gasteiger partial charge in [0.1, 0.15) is 0 Å². The van der Waals surface area contributed by atoms with Crippen LogP contribution in [0.3, 0.4) is 0 Å². The molecule has 0 bridgehead atoms. The average molecular weight is 238 g/mol. The van der Waals surface area contributed by atoms with Crippen molar-refractivity contribution in [2.75, 3.05) is 13.2 Å². The molecule has 0 saturated carbocycles. The van der Waals surface area contributed by atoms with E-state index in [9.17, 15) is 4.79 Å². The van der Waals surface area contributed by atoms with E-state index in [4.69, 9.17) is 9.84 Å². The van der Waals surface area contributed by atoms with Crippen molar-refractivity contribution in [1.29, 1.82) is 0 Å². The smallest absolute Gasteiger partial charge is 0.337 e. The largest absolute Gasteiger partial charge is 0.478 e. The summed E-state index contributed by atoms with van der Waals surface area (Å²) in [6.07, 6.45) is 5.32. The lowest BCUT2D eigenvalue weighted by atomic mass is 10.2. The summed E-state index contributed by atoms with van der Waals surface area (Å²) >= 11 is 0. The van der Waals surface area contributed by atoms with Crippen molar-refractivity contribution in [3.8, 4) is 0 Å². The van der Waals surface area contributed by atoms with Gasteiger partial charge in [0.05, 0.1) is 11.7 Å². The molecule has 1 unspecified atom stereocenters. The summed E-state index contributed by atoms with van der Waals surface area (Å²) in [6, 6.07) is 1.58. The van der Waals surface area contributed by atoms with Crippen molar-refractivity contribution in [2.45, 2.75) is 31.9 Å². The minimum Gasteiger partial charge on any atom is -0.478 e. The first kappa shape index (κ1) is 12.1. The molecule has 2 rings (SSSR count). The molecular weight excluding hydrogens is 220 g/mol. The zero-order valence-corrected chi connectivity index (χ0v) is 9.74. The predicted molar refractivity (Wildman–Crippen MR) is 63.0 cm³/mol. The molecule has 1 saturated heterocycles. The molecule has 1 fully saturated rings. The van der Waals surface area contributed by atoms with Gasteiger partial charge in [-0.25, -0.2) is 4.79 Å². The second-order valence-corrected chi connectivity index (χ2v) is 4.28. The Balaban J connectivity index is 1.70. The summed E-state index contributed by atoms with van der Waals surface area (Å²) in [4.78, 5) is 13.8. The number of aromatic nitrogens is 1. The van der Waals surface area contributed by atoms with E-state index in [1.54, 1.807) is 12.3 Å². The zero-order chi connectivity index (χ0) is 12.1. The number of aromatic carboxylic acids is 1. The molecule has 17 heavy (non-hydrogen) atoms. The summed E-state index contributed by atoms with van der Waals surface area (Å²) in [5, 5.41) is 12.2. The van der Waals surface area contributed by atoms with E-state index in [-0.39, 0.29) is 0 Å². The van der Waals surface area contributed by atoms with Crippen LogP contribution in [-0.2, 0) is 11.3 Å². The Hall–Kier alpha value is -1.33. The second kappa shape index (κ2) is 5.84. The SMILES string of the molecule is O=C(O)c1cc[nH]c1CNCCC1CCCO1. The molecule has 1 aliphatic rings. The minimum absolute atomic E-state index is 0.342. The molecule has 0 aromatic carbocycles. The third-order valence-electron chi connectivity index (χ3n) is 3.03. The molecule has 3 N–H and O–H groups in total. The highest BCUT2D eigenvalue weighted by Crippen LogP contribution is 2.14. The number of aromatic amines is 1. The van der Waals surface area contributed by atoms with Crippen molar-refractivity contribution < 1.29 is 14.6 Å². The fraction of sp³-hybridized carbons (Fsp3) is 0.583. The van der Waals surface area contributed by atoms with E-state index in [2.05, 4.69) is 10.3 Å². The van der Waals surface area contributed by atoms with Crippen LogP contribution in [0, 0.1) is 0 Å². The molecule has 1 atom stereocenters. The number of nitrogens with one attached hydrogen (secondary N) is 2. The van der Waals surface area contributed by atoms with Gasteiger partial charge in [0.25, 0.3) is 0 Å². The van der Waals surface area contributed by atoms with Crippen LogP contribution < -0.4 is 5.32 Å². The highest BCUT2D eigenvalue weighted by molar-refractivity contribution is 5.88. The van der Waals surface area contributed by atoms with Crippen molar-refractivity contribution in [3.63, 3.8) is 0 Å². The quantitative estimate of drug-likeness (QED) is 0.654. The molecule has 0 aliphatic carbocycles. The van der Waals surface area contributed by atoms with Gasteiger partial charge in [-0.15, -0.1) is 0 Å². The number of ether oxygens (including phenoxy) is 1. The molecule has 5 nitrogen and oxygen atoms in total. The second-order valence-electron chi connectivity index (χ2n) is 4.28. The Morgan fingerprint density at radius 3 is 3.24 bits per heavy atom. The molecule has 0 amide bonds. The molecule has 0 radical (unpaired) electrons. The maximum atomic E-state index is 10.9. The Kier molecular flexibility index (Phi) is 4.17. The molecule has 5 heteroatoms. The van der Waals surface area contributed by atoms with E-state index in [1.807, 2.05) is 0 Å². The molecular formula is C12H18N2O3. The lowest BCUT2D eigenvalue weighted by Gasteiger charge is -2.09. The molecule has 1 aliphatic heterocycles. The lowest BCUT2D eigenvalue weighted by molar-refractivity contribution is 0.0695. The van der Waals surface area contributed by atoms with Gasteiger partial charge < -0.3 is 20.1 Å². The zero-order valence-electron chi connectivity index (χ0n) is 9.74. The van der Waals surface area contributed by atoms with Crippen LogP contribution in [0.1, 0.15) is 35.3 Å². The van der Waals surface area contributed by atoms with Crippen LogP contribution in [0.4, 0.5) is 0 Å². The van der Waals surface area contributed by atoms with E-state index < -0.39 is 5.97 Å². The summed E-state index contributed by atoms with van der Waals surface area (Å²) < 4.78 is 5.51. The van der Waals surface area contributed by atoms with Gasteiger partial charge in [-0.05, 0) is 31.9 Å². The van der Waals surface area contributed by atoms with Gasteiger partial charge in [-0.1, -0.05) is 0 Å². The summed E-state index contributed by atoms with van der Waals surface area (Å²) in [5.41, 5.74) is 1.07. The average Bonchev–Trinajstić information content (AvgIpc) is 2.95. The van der Waals surface area contributed by atoms with Crippen molar-refractivity contribution >= 4 is 5.97 Å². The Morgan fingerprint density at radius 1 is 1.65 bits per heavy atom. The monoisotopic (exact) mass is 238 g/mol. The van der Waals surface area contributed by atoms with Crippen molar-refractivity contribution in [3.05, 3.63) is 23.5 Å². The summed E-state index contributed by atoms with van der Waals surface area (Å²) in [5.74, 6) is -0.887. The van der Waals surface area contributed by atoms with Crippen LogP contribution in [0.25, 0.3) is 0 Å². The number of rotatable bonds is 6. The maximum absolute atomic E-state index is 10.9. The van der Waals surface area contributed by atoms with Crippen LogP contribution in [0.15, 0.2) is 12.3 Å². The highest BCUT2D eigenvalue weighted by atomic mass is 16.5. The Labute approximate surface area is 100 Å². The lowest BCUT2D eigenvalue weighted by Crippen LogP contribution is -2.21. The van der Waals surface area contributed by atoms with Gasteiger partial charge in [0.2, 0.25) is 0 Å². The van der Waals surface area contributed by atoms with E-state index in [1.165, 1.54) is 0 Å². The topological polar surface area (TPSA) is 74.3 Å². The van der Waals surface area contributed by atoms with Gasteiger partial charge in [-0.2, -0.15) is 0 Å². The first-order valence-corrected chi connectivity index (χ1v) is 5.99. The van der Waals surface area contributed by atoms with Crippen molar-refractivity contribution in [2.24, 2.45) is 0 Å². The van der Waals surface area contributed by atoms with Gasteiger partial charge in [0.15, 0.2) is 0 Å². The number of hydrogen-bond acceptors (Lipinski definition) is 3. The van der Waals surface area contributed by atoms with Crippen LogP contribution in [0.2, 0.25) is 0 Å². The van der Waals surface area contributed by atoms with E-state index in [0.29, 0.717) is 18.2 Å². The molecule has 0 spiro atoms. The fourth-order valence-corrected chi connectivity index (χ4v) is 2.10. The first-order valence-electron chi connectivity index (χ1n) is 5.99. The number of carboxylic acid groups (broad SMARTS) is 1. The molecule has 1 aromatic heterocycles. The van der Waals surface area contributed by atoms with Crippen molar-refractivity contribution in [1.82, 2.24) is 10.3 Å². The van der Waals surface area contributed by atoms with Gasteiger partial charge in [0, 0.05) is 25.0 Å². The number of carbonyl (C=O) groups is 1. The number of carboxylic acids is 1. The third-order valence-corrected chi connectivity index (χ3v) is 3.03. The first-order chi connectivity index (χ1) is 8.27. The number of hydrogen-bond donors (Lipinski definition) is 3. The van der Waals surface area contributed by atoms with E-state index >= 15 is 0 Å². The molecule has 94 valence electrons. The Morgan fingerprint density at radius 2 is 2.53 bits per heavy atom. The van der Waals surface area contributed by atoms with E-state index in [0.717, 1.165) is 38.1 Å². The standard InChI is InChI=1S/C12H18N2O3/c15-12(16)10-4-6-14-11(10)8-13-5-3-9-2-1-7-17-9/h4,6,9,13-14H,1-3,5,7-8H2,(H,15,16). The van der Waals surface area contributed by atoms with Crippen LogP contribution in [-0.4, -0.2) is 35.3 Å². The van der Waals surface area contributed by atoms with Crippen LogP contribution in [0.5, 0.6) is 0 Å². The maximum Gasteiger partial charge on any atom is 0.337 e. The summed E-state index contributed by atoms with van der Waals surface area (Å²) in [6.45, 7) is 2.29. The van der Waals surface area contributed by atoms with Gasteiger partial charge in [-0.3, -0.25) is 0 Å². The van der Waals surface area contributed by atoms with Crippen LogP contribution >= 0.6 is 0 Å². The number of H-pyrrole nitrogens is 1. The molecule has 2 heterocycles.